The van der Waals surface area contributed by atoms with E-state index in [9.17, 15) is 14.8 Å². The summed E-state index contributed by atoms with van der Waals surface area (Å²) in [5, 5.41) is 17.9. The first-order chi connectivity index (χ1) is 12.4. The highest BCUT2D eigenvalue weighted by Crippen LogP contribution is 2.21. The summed E-state index contributed by atoms with van der Waals surface area (Å²) in [6, 6.07) is 4.09. The van der Waals surface area contributed by atoms with Crippen LogP contribution in [0.4, 0.5) is 0 Å². The van der Waals surface area contributed by atoms with E-state index in [2.05, 4.69) is 15.1 Å². The smallest absolute Gasteiger partial charge is 0.251 e. The number of fused-ring (bicyclic) bond motifs is 1. The fraction of sp³-hybridized carbons (Fsp3) is 0.529. The molecular weight excluding hydrogens is 338 g/mol. The van der Waals surface area contributed by atoms with Gasteiger partial charge in [-0.05, 0) is 49.6 Å². The van der Waals surface area contributed by atoms with Crippen LogP contribution in [0.15, 0.2) is 22.8 Å². The van der Waals surface area contributed by atoms with Crippen molar-refractivity contribution in [3.63, 3.8) is 0 Å². The predicted molar refractivity (Wildman–Crippen MR) is 92.9 cm³/mol. The Bertz CT molecular complexity index is 811. The quantitative estimate of drug-likeness (QED) is 0.747. The number of rotatable bonds is 4. The number of amides is 2. The van der Waals surface area contributed by atoms with Crippen LogP contribution >= 0.6 is 0 Å². The molecule has 0 aliphatic carbocycles. The minimum Gasteiger partial charge on any atom is -0.359 e. The first kappa shape index (κ1) is 18.1. The maximum atomic E-state index is 12.5. The zero-order valence-corrected chi connectivity index (χ0v) is 14.8. The van der Waals surface area contributed by atoms with Crippen molar-refractivity contribution in [2.75, 3.05) is 13.1 Å². The first-order valence-corrected chi connectivity index (χ1v) is 8.71. The largest absolute Gasteiger partial charge is 0.359 e. The lowest BCUT2D eigenvalue weighted by molar-refractivity contribution is -0.782. The van der Waals surface area contributed by atoms with Gasteiger partial charge in [0.1, 0.15) is 0 Å². The Hall–Kier alpha value is -2.68. The molecule has 26 heavy (non-hydrogen) atoms. The summed E-state index contributed by atoms with van der Waals surface area (Å²) in [5.41, 5.74) is 6.69. The van der Waals surface area contributed by atoms with Crippen molar-refractivity contribution in [1.29, 1.82) is 0 Å². The summed E-state index contributed by atoms with van der Waals surface area (Å²) in [6.45, 7) is 4.96. The van der Waals surface area contributed by atoms with E-state index in [1.807, 2.05) is 6.92 Å². The Morgan fingerprint density at radius 2 is 2.08 bits per heavy atom. The molecule has 0 bridgehead atoms. The standard InChI is InChI=1S/C17H23N5O4/c1-10(18)17(24)21-7-5-12(6-8-21)11(2)19-16(23)13-3-4-15-14(9-13)20-26-22(15)25/h3-4,9-12H,5-8,18H2,1-2H3,(H,19,23). The topological polar surface area (TPSA) is 128 Å². The number of carbonyl (C=O) groups is 2. The van der Waals surface area contributed by atoms with Crippen LogP contribution in [-0.2, 0) is 4.79 Å². The Kier molecular flexibility index (Phi) is 5.08. The molecule has 2 unspecified atom stereocenters. The molecule has 2 heterocycles. The van der Waals surface area contributed by atoms with Crippen LogP contribution < -0.4 is 16.0 Å². The van der Waals surface area contributed by atoms with Gasteiger partial charge in [-0.1, -0.05) is 0 Å². The van der Waals surface area contributed by atoms with Gasteiger partial charge >= 0.3 is 0 Å². The van der Waals surface area contributed by atoms with Crippen LogP contribution in [0.5, 0.6) is 0 Å². The van der Waals surface area contributed by atoms with Crippen molar-refractivity contribution in [2.45, 2.75) is 38.8 Å². The maximum absolute atomic E-state index is 12.5. The molecule has 1 aliphatic rings. The van der Waals surface area contributed by atoms with E-state index in [1.165, 1.54) is 12.1 Å². The maximum Gasteiger partial charge on any atom is 0.251 e. The first-order valence-electron chi connectivity index (χ1n) is 8.71. The molecule has 1 aromatic carbocycles. The van der Waals surface area contributed by atoms with Gasteiger partial charge in [0.25, 0.3) is 5.91 Å². The predicted octanol–water partition coefficient (Wildman–Crippen LogP) is 0.165. The molecule has 3 rings (SSSR count). The van der Waals surface area contributed by atoms with E-state index >= 15 is 0 Å². The van der Waals surface area contributed by atoms with E-state index in [1.54, 1.807) is 17.9 Å². The van der Waals surface area contributed by atoms with Gasteiger partial charge in [0.15, 0.2) is 0 Å². The van der Waals surface area contributed by atoms with Crippen LogP contribution in [0.1, 0.15) is 37.0 Å². The number of hydrogen-bond donors (Lipinski definition) is 2. The molecule has 0 saturated carbocycles. The highest BCUT2D eigenvalue weighted by Gasteiger charge is 2.28. The number of aromatic nitrogens is 2. The van der Waals surface area contributed by atoms with Gasteiger partial charge < -0.3 is 21.2 Å². The second-order valence-corrected chi connectivity index (χ2v) is 6.85. The van der Waals surface area contributed by atoms with Crippen molar-refractivity contribution in [3.8, 4) is 0 Å². The number of nitrogens with two attached hydrogens (primary N) is 1. The summed E-state index contributed by atoms with van der Waals surface area (Å²) in [6.07, 6.45) is 1.64. The monoisotopic (exact) mass is 361 g/mol. The second-order valence-electron chi connectivity index (χ2n) is 6.85. The minimum absolute atomic E-state index is 0.0309. The van der Waals surface area contributed by atoms with E-state index in [-0.39, 0.29) is 29.3 Å². The Morgan fingerprint density at radius 1 is 1.38 bits per heavy atom. The zero-order chi connectivity index (χ0) is 18.8. The van der Waals surface area contributed by atoms with Gasteiger partial charge in [-0.15, -0.1) is 0 Å². The number of nitrogens with zero attached hydrogens (tertiary/aromatic N) is 3. The molecule has 2 atom stereocenters. The van der Waals surface area contributed by atoms with Gasteiger partial charge in [0, 0.05) is 35.9 Å². The molecule has 1 aromatic heterocycles. The van der Waals surface area contributed by atoms with Crippen LogP contribution in [0, 0.1) is 11.1 Å². The third-order valence-corrected chi connectivity index (χ3v) is 4.95. The van der Waals surface area contributed by atoms with E-state index in [0.717, 1.165) is 12.8 Å². The molecule has 0 spiro atoms. The highest BCUT2D eigenvalue weighted by atomic mass is 16.8. The molecule has 1 saturated heterocycles. The zero-order valence-electron chi connectivity index (χ0n) is 14.8. The average molecular weight is 361 g/mol. The van der Waals surface area contributed by atoms with E-state index in [4.69, 9.17) is 5.73 Å². The number of hydrogen-bond acceptors (Lipinski definition) is 6. The van der Waals surface area contributed by atoms with Gasteiger partial charge in [0.05, 0.1) is 6.04 Å². The number of piperidine rings is 1. The summed E-state index contributed by atoms with van der Waals surface area (Å²) < 4.78 is 4.51. The fourth-order valence-corrected chi connectivity index (χ4v) is 3.33. The van der Waals surface area contributed by atoms with Crippen molar-refractivity contribution in [3.05, 3.63) is 29.0 Å². The molecule has 9 heteroatoms. The normalized spacial score (nSPS) is 17.9. The number of benzene rings is 1. The number of likely N-dealkylation sites (tertiary alicyclic amines) is 1. The summed E-state index contributed by atoms with van der Waals surface area (Å²) in [4.78, 5) is 26.5. The van der Waals surface area contributed by atoms with Crippen molar-refractivity contribution >= 4 is 22.8 Å². The molecule has 0 radical (unpaired) electrons. The Balaban J connectivity index is 1.58. The molecule has 9 nitrogen and oxygen atoms in total. The lowest BCUT2D eigenvalue weighted by atomic mass is 9.90. The lowest BCUT2D eigenvalue weighted by Gasteiger charge is -2.35. The fourth-order valence-electron chi connectivity index (χ4n) is 3.33. The van der Waals surface area contributed by atoms with E-state index in [0.29, 0.717) is 29.1 Å². The van der Waals surface area contributed by atoms with Crippen molar-refractivity contribution in [2.24, 2.45) is 11.7 Å². The van der Waals surface area contributed by atoms with Crippen molar-refractivity contribution in [1.82, 2.24) is 15.4 Å². The van der Waals surface area contributed by atoms with Crippen LogP contribution in [0.2, 0.25) is 0 Å². The Morgan fingerprint density at radius 3 is 2.73 bits per heavy atom. The summed E-state index contributed by atoms with van der Waals surface area (Å²) >= 11 is 0. The molecule has 2 aromatic rings. The molecule has 3 N–H and O–H groups in total. The van der Waals surface area contributed by atoms with Gasteiger partial charge in [-0.25, -0.2) is 0 Å². The minimum atomic E-state index is -0.483. The third-order valence-electron chi connectivity index (χ3n) is 4.95. The number of nitrogens with one attached hydrogen (secondary N) is 1. The van der Waals surface area contributed by atoms with Gasteiger partial charge in [-0.3, -0.25) is 14.2 Å². The van der Waals surface area contributed by atoms with Crippen LogP contribution in [0.25, 0.3) is 11.0 Å². The second kappa shape index (κ2) is 7.28. The average Bonchev–Trinajstić information content (AvgIpc) is 3.01. The third kappa shape index (κ3) is 3.62. The molecule has 1 fully saturated rings. The van der Waals surface area contributed by atoms with Gasteiger partial charge in [0.2, 0.25) is 16.9 Å². The molecule has 140 valence electrons. The molecule has 2 amide bonds. The highest BCUT2D eigenvalue weighted by molar-refractivity contribution is 5.97. The van der Waals surface area contributed by atoms with Crippen LogP contribution in [0.3, 0.4) is 0 Å². The summed E-state index contributed by atoms with van der Waals surface area (Å²) in [5.74, 6) is 0.0289. The number of carbonyl (C=O) groups excluding carboxylic acids is 2. The SMILES string of the molecule is CC(N)C(=O)N1CCC(C(C)NC(=O)c2ccc3c(c2)no[n+]3[O-])CC1. The van der Waals surface area contributed by atoms with Gasteiger partial charge in [-0.2, -0.15) is 0 Å². The van der Waals surface area contributed by atoms with Crippen molar-refractivity contribution < 1.29 is 19.1 Å². The lowest BCUT2D eigenvalue weighted by Crippen LogP contribution is -2.49. The van der Waals surface area contributed by atoms with E-state index < -0.39 is 6.04 Å². The summed E-state index contributed by atoms with van der Waals surface area (Å²) in [7, 11) is 0. The molecule has 1 aliphatic heterocycles. The molecular formula is C17H23N5O4. The van der Waals surface area contributed by atoms with Crippen LogP contribution in [-0.4, -0.2) is 47.0 Å². The Labute approximate surface area is 150 Å².